The standard InChI is InChI=1S/C23H15NOS/c25-20-13-7-6-12-18(20)23-24-22-17-11-5-4-10-16(17)19(14-21(22)26-23)15-8-2-1-3-9-15/h1-14,25H. The first-order chi connectivity index (χ1) is 12.8. The van der Waals surface area contributed by atoms with E-state index in [1.807, 2.05) is 24.3 Å². The molecule has 5 rings (SSSR count). The number of phenolic OH excluding ortho intramolecular Hbond substituents is 1. The monoisotopic (exact) mass is 353 g/mol. The molecule has 2 nitrogen and oxygen atoms in total. The van der Waals surface area contributed by atoms with Crippen LogP contribution in [0.25, 0.3) is 42.7 Å². The predicted octanol–water partition coefficient (Wildman–Crippen LogP) is 6.49. The topological polar surface area (TPSA) is 33.1 Å². The van der Waals surface area contributed by atoms with Gasteiger partial charge in [0.1, 0.15) is 10.8 Å². The average molecular weight is 353 g/mol. The Morgan fingerprint density at radius 1 is 0.692 bits per heavy atom. The van der Waals surface area contributed by atoms with Crippen molar-refractivity contribution in [1.82, 2.24) is 4.98 Å². The maximum atomic E-state index is 10.2. The highest BCUT2D eigenvalue weighted by Crippen LogP contribution is 2.40. The van der Waals surface area contributed by atoms with E-state index in [2.05, 4.69) is 54.6 Å². The molecule has 1 N–H and O–H groups in total. The normalized spacial score (nSPS) is 11.2. The average Bonchev–Trinajstić information content (AvgIpc) is 3.12. The van der Waals surface area contributed by atoms with E-state index in [9.17, 15) is 5.11 Å². The molecule has 0 saturated carbocycles. The van der Waals surface area contributed by atoms with Gasteiger partial charge in [-0.1, -0.05) is 66.7 Å². The highest BCUT2D eigenvalue weighted by atomic mass is 32.1. The van der Waals surface area contributed by atoms with Crippen LogP contribution in [0.3, 0.4) is 0 Å². The van der Waals surface area contributed by atoms with Gasteiger partial charge < -0.3 is 5.11 Å². The number of benzene rings is 4. The van der Waals surface area contributed by atoms with Gasteiger partial charge in [0.2, 0.25) is 0 Å². The van der Waals surface area contributed by atoms with Crippen LogP contribution < -0.4 is 0 Å². The van der Waals surface area contributed by atoms with E-state index in [0.29, 0.717) is 0 Å². The van der Waals surface area contributed by atoms with Crippen molar-refractivity contribution >= 4 is 32.3 Å². The van der Waals surface area contributed by atoms with Crippen LogP contribution in [0.4, 0.5) is 0 Å². The first-order valence-corrected chi connectivity index (χ1v) is 9.29. The highest BCUT2D eigenvalue weighted by molar-refractivity contribution is 7.21. The molecular weight excluding hydrogens is 338 g/mol. The van der Waals surface area contributed by atoms with Crippen molar-refractivity contribution in [2.24, 2.45) is 0 Å². The largest absolute Gasteiger partial charge is 0.507 e. The molecule has 124 valence electrons. The molecule has 0 aliphatic rings. The van der Waals surface area contributed by atoms with E-state index < -0.39 is 0 Å². The Morgan fingerprint density at radius 3 is 2.19 bits per heavy atom. The molecule has 1 aromatic heterocycles. The van der Waals surface area contributed by atoms with Crippen molar-refractivity contribution in [3.05, 3.63) is 84.9 Å². The maximum Gasteiger partial charge on any atom is 0.128 e. The zero-order chi connectivity index (χ0) is 17.5. The number of para-hydroxylation sites is 1. The second kappa shape index (κ2) is 5.97. The van der Waals surface area contributed by atoms with Crippen LogP contribution in [-0.2, 0) is 0 Å². The summed E-state index contributed by atoms with van der Waals surface area (Å²) in [6.45, 7) is 0. The Balaban J connectivity index is 1.84. The summed E-state index contributed by atoms with van der Waals surface area (Å²) >= 11 is 1.62. The summed E-state index contributed by atoms with van der Waals surface area (Å²) in [6.07, 6.45) is 0. The Bertz CT molecular complexity index is 1240. The highest BCUT2D eigenvalue weighted by Gasteiger charge is 2.14. The minimum Gasteiger partial charge on any atom is -0.507 e. The van der Waals surface area contributed by atoms with Gasteiger partial charge in [0.05, 0.1) is 15.8 Å². The minimum atomic E-state index is 0.263. The summed E-state index contributed by atoms with van der Waals surface area (Å²) in [5, 5.41) is 13.4. The zero-order valence-corrected chi connectivity index (χ0v) is 14.7. The molecular formula is C23H15NOS. The molecule has 0 radical (unpaired) electrons. The van der Waals surface area contributed by atoms with Crippen LogP contribution in [0.15, 0.2) is 84.9 Å². The molecule has 0 unspecified atom stereocenters. The van der Waals surface area contributed by atoms with Crippen molar-refractivity contribution in [2.45, 2.75) is 0 Å². The lowest BCUT2D eigenvalue weighted by molar-refractivity contribution is 0.477. The number of nitrogens with zero attached hydrogens (tertiary/aromatic N) is 1. The third-order valence-electron chi connectivity index (χ3n) is 4.62. The van der Waals surface area contributed by atoms with E-state index >= 15 is 0 Å². The van der Waals surface area contributed by atoms with Crippen molar-refractivity contribution in [1.29, 1.82) is 0 Å². The maximum absolute atomic E-state index is 10.2. The minimum absolute atomic E-state index is 0.263. The summed E-state index contributed by atoms with van der Waals surface area (Å²) in [7, 11) is 0. The molecule has 0 atom stereocenters. The molecule has 3 heteroatoms. The lowest BCUT2D eigenvalue weighted by atomic mass is 9.98. The van der Waals surface area contributed by atoms with Crippen molar-refractivity contribution in [3.8, 4) is 27.4 Å². The van der Waals surface area contributed by atoms with E-state index in [1.165, 1.54) is 16.5 Å². The summed E-state index contributed by atoms with van der Waals surface area (Å²) < 4.78 is 1.13. The summed E-state index contributed by atoms with van der Waals surface area (Å²) in [4.78, 5) is 4.87. The van der Waals surface area contributed by atoms with Gasteiger partial charge in [-0.2, -0.15) is 0 Å². The lowest BCUT2D eigenvalue weighted by Gasteiger charge is -2.07. The third kappa shape index (κ3) is 2.37. The van der Waals surface area contributed by atoms with Gasteiger partial charge in [-0.15, -0.1) is 11.3 Å². The van der Waals surface area contributed by atoms with Crippen LogP contribution in [0.1, 0.15) is 0 Å². The molecule has 1 heterocycles. The molecule has 0 amide bonds. The number of phenols is 1. The number of hydrogen-bond acceptors (Lipinski definition) is 3. The first kappa shape index (κ1) is 15.1. The molecule has 0 spiro atoms. The molecule has 0 aliphatic heterocycles. The van der Waals surface area contributed by atoms with E-state index in [4.69, 9.17) is 4.98 Å². The van der Waals surface area contributed by atoms with Gasteiger partial charge in [-0.05, 0) is 34.7 Å². The number of rotatable bonds is 2. The first-order valence-electron chi connectivity index (χ1n) is 8.47. The van der Waals surface area contributed by atoms with E-state index in [0.717, 1.165) is 26.2 Å². The van der Waals surface area contributed by atoms with E-state index in [1.54, 1.807) is 17.4 Å². The number of fused-ring (bicyclic) bond motifs is 3. The Labute approximate surface area is 155 Å². The van der Waals surface area contributed by atoms with Gasteiger partial charge in [-0.25, -0.2) is 4.98 Å². The van der Waals surface area contributed by atoms with E-state index in [-0.39, 0.29) is 5.75 Å². The number of hydrogen-bond donors (Lipinski definition) is 1. The molecule has 26 heavy (non-hydrogen) atoms. The summed E-state index contributed by atoms with van der Waals surface area (Å²) in [6, 6.07) is 28.4. The van der Waals surface area contributed by atoms with Crippen LogP contribution in [-0.4, -0.2) is 10.1 Å². The summed E-state index contributed by atoms with van der Waals surface area (Å²) in [5.41, 5.74) is 4.17. The third-order valence-corrected chi connectivity index (χ3v) is 5.66. The fraction of sp³-hybridized carbons (Fsp3) is 0. The van der Waals surface area contributed by atoms with Crippen LogP contribution in [0.2, 0.25) is 0 Å². The molecule has 5 aromatic rings. The van der Waals surface area contributed by atoms with Crippen molar-refractivity contribution in [2.75, 3.05) is 0 Å². The Morgan fingerprint density at radius 2 is 1.38 bits per heavy atom. The predicted molar refractivity (Wildman–Crippen MR) is 110 cm³/mol. The fourth-order valence-corrected chi connectivity index (χ4v) is 4.44. The smallest absolute Gasteiger partial charge is 0.128 e. The number of thiazole rings is 1. The SMILES string of the molecule is Oc1ccccc1-c1nc2c(cc(-c3ccccc3)c3ccccc32)s1. The summed E-state index contributed by atoms with van der Waals surface area (Å²) in [5.74, 6) is 0.263. The molecule has 0 saturated heterocycles. The molecule has 0 aliphatic carbocycles. The Hall–Kier alpha value is -3.17. The van der Waals surface area contributed by atoms with Gasteiger partial charge in [0, 0.05) is 5.39 Å². The molecule has 0 fully saturated rings. The molecule has 0 bridgehead atoms. The van der Waals surface area contributed by atoms with Crippen LogP contribution in [0, 0.1) is 0 Å². The van der Waals surface area contributed by atoms with Crippen LogP contribution in [0.5, 0.6) is 5.75 Å². The van der Waals surface area contributed by atoms with Crippen molar-refractivity contribution in [3.63, 3.8) is 0 Å². The quantitative estimate of drug-likeness (QED) is 0.393. The zero-order valence-electron chi connectivity index (χ0n) is 13.9. The molecule has 4 aromatic carbocycles. The van der Waals surface area contributed by atoms with Gasteiger partial charge in [0.25, 0.3) is 0 Å². The van der Waals surface area contributed by atoms with Gasteiger partial charge in [0.15, 0.2) is 0 Å². The fourth-order valence-electron chi connectivity index (χ4n) is 3.38. The van der Waals surface area contributed by atoms with Gasteiger partial charge >= 0.3 is 0 Å². The van der Waals surface area contributed by atoms with Crippen molar-refractivity contribution < 1.29 is 5.11 Å². The van der Waals surface area contributed by atoms with Gasteiger partial charge in [-0.3, -0.25) is 0 Å². The number of aromatic nitrogens is 1. The number of aromatic hydroxyl groups is 1. The lowest BCUT2D eigenvalue weighted by Crippen LogP contribution is -1.83. The second-order valence-electron chi connectivity index (χ2n) is 6.22. The van der Waals surface area contributed by atoms with Crippen LogP contribution >= 0.6 is 11.3 Å². The Kier molecular flexibility index (Phi) is 3.47. The second-order valence-corrected chi connectivity index (χ2v) is 7.25.